The van der Waals surface area contributed by atoms with Crippen molar-refractivity contribution in [3.8, 4) is 17.3 Å². The van der Waals surface area contributed by atoms with Crippen molar-refractivity contribution in [2.45, 2.75) is 20.5 Å². The summed E-state index contributed by atoms with van der Waals surface area (Å²) >= 11 is 0. The predicted molar refractivity (Wildman–Crippen MR) is 85.4 cm³/mol. The van der Waals surface area contributed by atoms with Crippen LogP contribution in [0.5, 0.6) is 5.75 Å². The maximum Gasteiger partial charge on any atom is 0.344 e. The van der Waals surface area contributed by atoms with Crippen LogP contribution in [0.1, 0.15) is 16.8 Å². The normalized spacial score (nSPS) is 10.6. The van der Waals surface area contributed by atoms with Gasteiger partial charge in [0.25, 0.3) is 0 Å². The van der Waals surface area contributed by atoms with E-state index in [1.807, 2.05) is 32.0 Å². The fourth-order valence-corrected chi connectivity index (χ4v) is 2.21. The number of rotatable bonds is 6. The molecule has 0 saturated heterocycles. The van der Waals surface area contributed by atoms with Gasteiger partial charge in [0.2, 0.25) is 5.76 Å². The van der Waals surface area contributed by atoms with Gasteiger partial charge >= 0.3 is 5.97 Å². The number of aromatic nitrogens is 1. The van der Waals surface area contributed by atoms with Gasteiger partial charge in [-0.05, 0) is 37.6 Å². The molecule has 6 heteroatoms. The Morgan fingerprint density at radius 3 is 2.79 bits per heavy atom. The maximum absolute atomic E-state index is 11.8. The molecule has 1 aromatic carbocycles. The number of furan rings is 1. The molecule has 0 aliphatic heterocycles. The van der Waals surface area contributed by atoms with Crippen LogP contribution in [-0.2, 0) is 16.1 Å². The van der Waals surface area contributed by atoms with Crippen molar-refractivity contribution in [3.63, 3.8) is 0 Å². The Hall–Kier alpha value is -3.02. The first-order valence-electron chi connectivity index (χ1n) is 7.47. The summed E-state index contributed by atoms with van der Waals surface area (Å²) in [5.74, 6) is 1.24. The van der Waals surface area contributed by atoms with Gasteiger partial charge in [0, 0.05) is 6.07 Å². The average Bonchev–Trinajstić information content (AvgIpc) is 3.23. The second-order valence-electron chi connectivity index (χ2n) is 5.38. The number of nitrogens with zero attached hydrogens (tertiary/aromatic N) is 1. The highest BCUT2D eigenvalue weighted by Crippen LogP contribution is 2.21. The topological polar surface area (TPSA) is 74.7 Å². The van der Waals surface area contributed by atoms with Gasteiger partial charge in [-0.1, -0.05) is 22.9 Å². The van der Waals surface area contributed by atoms with Crippen LogP contribution in [-0.4, -0.2) is 17.7 Å². The highest BCUT2D eigenvalue weighted by molar-refractivity contribution is 5.71. The van der Waals surface area contributed by atoms with Crippen molar-refractivity contribution in [1.82, 2.24) is 5.16 Å². The number of hydrogen-bond donors (Lipinski definition) is 0. The molecule has 2 heterocycles. The molecule has 0 aliphatic rings. The van der Waals surface area contributed by atoms with Gasteiger partial charge in [-0.2, -0.15) is 0 Å². The fraction of sp³-hybridized carbons (Fsp3) is 0.222. The van der Waals surface area contributed by atoms with E-state index in [0.29, 0.717) is 23.0 Å². The summed E-state index contributed by atoms with van der Waals surface area (Å²) in [6, 6.07) is 10.9. The Labute approximate surface area is 139 Å². The lowest BCUT2D eigenvalue weighted by atomic mass is 10.1. The molecule has 0 spiro atoms. The molecule has 0 bridgehead atoms. The molecule has 124 valence electrons. The SMILES string of the molecule is Cc1ccc(OCC(=O)OCc2cc(-c3ccco3)on2)c(C)c1. The molecule has 0 saturated carbocycles. The quantitative estimate of drug-likeness (QED) is 0.643. The van der Waals surface area contributed by atoms with E-state index in [9.17, 15) is 4.79 Å². The Kier molecular flexibility index (Phi) is 4.65. The van der Waals surface area contributed by atoms with Gasteiger partial charge in [0.1, 0.15) is 18.1 Å². The van der Waals surface area contributed by atoms with Gasteiger partial charge in [-0.15, -0.1) is 0 Å². The number of hydrogen-bond acceptors (Lipinski definition) is 6. The number of esters is 1. The highest BCUT2D eigenvalue weighted by Gasteiger charge is 2.12. The molecule has 0 N–H and O–H groups in total. The van der Waals surface area contributed by atoms with Gasteiger partial charge in [0.05, 0.1) is 6.26 Å². The summed E-state index contributed by atoms with van der Waals surface area (Å²) in [6.07, 6.45) is 1.54. The Morgan fingerprint density at radius 2 is 2.04 bits per heavy atom. The van der Waals surface area contributed by atoms with Crippen molar-refractivity contribution >= 4 is 5.97 Å². The smallest absolute Gasteiger partial charge is 0.344 e. The van der Waals surface area contributed by atoms with E-state index >= 15 is 0 Å². The van der Waals surface area contributed by atoms with Crippen molar-refractivity contribution in [3.05, 3.63) is 59.5 Å². The Morgan fingerprint density at radius 1 is 1.17 bits per heavy atom. The first-order chi connectivity index (χ1) is 11.6. The zero-order chi connectivity index (χ0) is 16.9. The lowest BCUT2D eigenvalue weighted by Crippen LogP contribution is -2.15. The Balaban J connectivity index is 1.49. The summed E-state index contributed by atoms with van der Waals surface area (Å²) in [4.78, 5) is 11.8. The van der Waals surface area contributed by atoms with Crippen molar-refractivity contribution < 1.29 is 23.2 Å². The number of benzene rings is 1. The van der Waals surface area contributed by atoms with Crippen LogP contribution in [0.4, 0.5) is 0 Å². The van der Waals surface area contributed by atoms with Crippen LogP contribution in [0.25, 0.3) is 11.5 Å². The molecular weight excluding hydrogens is 310 g/mol. The molecule has 6 nitrogen and oxygen atoms in total. The van der Waals surface area contributed by atoms with E-state index in [0.717, 1.165) is 11.1 Å². The first kappa shape index (κ1) is 15.9. The van der Waals surface area contributed by atoms with E-state index in [1.54, 1.807) is 24.5 Å². The first-order valence-corrected chi connectivity index (χ1v) is 7.47. The van der Waals surface area contributed by atoms with Crippen molar-refractivity contribution in [2.24, 2.45) is 0 Å². The number of carbonyl (C=O) groups excluding carboxylic acids is 1. The molecule has 0 fully saturated rings. The lowest BCUT2D eigenvalue weighted by molar-refractivity contribution is -0.147. The number of carbonyl (C=O) groups is 1. The van der Waals surface area contributed by atoms with Gasteiger partial charge in [-0.25, -0.2) is 4.79 Å². The molecule has 24 heavy (non-hydrogen) atoms. The molecule has 0 unspecified atom stereocenters. The summed E-state index contributed by atoms with van der Waals surface area (Å²) in [7, 11) is 0. The van der Waals surface area contributed by atoms with Crippen LogP contribution in [0.2, 0.25) is 0 Å². The predicted octanol–water partition coefficient (Wildman–Crippen LogP) is 3.67. The van der Waals surface area contributed by atoms with E-state index in [1.165, 1.54) is 0 Å². The molecule has 3 rings (SSSR count). The third kappa shape index (κ3) is 3.84. The molecule has 0 atom stereocenters. The third-order valence-electron chi connectivity index (χ3n) is 3.38. The zero-order valence-electron chi connectivity index (χ0n) is 13.4. The molecule has 0 aliphatic carbocycles. The maximum atomic E-state index is 11.8. The standard InChI is InChI=1S/C18H17NO5/c1-12-5-6-15(13(2)8-12)22-11-18(20)23-10-14-9-17(24-19-14)16-4-3-7-21-16/h3-9H,10-11H2,1-2H3. The lowest BCUT2D eigenvalue weighted by Gasteiger charge is -2.09. The summed E-state index contributed by atoms with van der Waals surface area (Å²) in [6.45, 7) is 3.78. The fourth-order valence-electron chi connectivity index (χ4n) is 2.21. The van der Waals surface area contributed by atoms with E-state index in [-0.39, 0.29) is 13.2 Å². The van der Waals surface area contributed by atoms with Gasteiger partial charge in [-0.3, -0.25) is 0 Å². The molecular formula is C18H17NO5. The van der Waals surface area contributed by atoms with E-state index in [4.69, 9.17) is 18.4 Å². The third-order valence-corrected chi connectivity index (χ3v) is 3.38. The van der Waals surface area contributed by atoms with Crippen molar-refractivity contribution in [2.75, 3.05) is 6.61 Å². The molecule has 0 radical (unpaired) electrons. The zero-order valence-corrected chi connectivity index (χ0v) is 13.4. The van der Waals surface area contributed by atoms with Crippen LogP contribution in [0.3, 0.4) is 0 Å². The van der Waals surface area contributed by atoms with E-state index in [2.05, 4.69) is 5.16 Å². The summed E-state index contributed by atoms with van der Waals surface area (Å²) in [5.41, 5.74) is 2.62. The van der Waals surface area contributed by atoms with Gasteiger partial charge in [0.15, 0.2) is 12.4 Å². The van der Waals surface area contributed by atoms with Crippen LogP contribution in [0.15, 0.2) is 51.6 Å². The minimum atomic E-state index is -0.475. The second-order valence-corrected chi connectivity index (χ2v) is 5.38. The second kappa shape index (κ2) is 7.04. The number of ether oxygens (including phenoxy) is 2. The Bertz CT molecular complexity index is 820. The minimum Gasteiger partial charge on any atom is -0.482 e. The largest absolute Gasteiger partial charge is 0.482 e. The van der Waals surface area contributed by atoms with Crippen molar-refractivity contribution in [1.29, 1.82) is 0 Å². The molecule has 0 amide bonds. The van der Waals surface area contributed by atoms with Crippen LogP contribution in [0, 0.1) is 13.8 Å². The average molecular weight is 327 g/mol. The van der Waals surface area contributed by atoms with Crippen LogP contribution >= 0.6 is 0 Å². The molecule has 2 aromatic heterocycles. The monoisotopic (exact) mass is 327 g/mol. The van der Waals surface area contributed by atoms with E-state index < -0.39 is 5.97 Å². The minimum absolute atomic E-state index is 0.0132. The molecule has 3 aromatic rings. The number of aryl methyl sites for hydroxylation is 2. The summed E-state index contributed by atoms with van der Waals surface area (Å²) < 4.78 is 20.9. The summed E-state index contributed by atoms with van der Waals surface area (Å²) in [5, 5.41) is 3.83. The van der Waals surface area contributed by atoms with Crippen LogP contribution < -0.4 is 4.74 Å². The highest BCUT2D eigenvalue weighted by atomic mass is 16.6. The van der Waals surface area contributed by atoms with Gasteiger partial charge < -0.3 is 18.4 Å².